The second-order valence-corrected chi connectivity index (χ2v) is 5.18. The number of ketones is 1. The molecule has 1 amide bonds. The highest BCUT2D eigenvalue weighted by atomic mass is 35.5. The number of hydrogen-bond acceptors (Lipinski definition) is 5. The Morgan fingerprint density at radius 1 is 1.43 bits per heavy atom. The molecule has 1 atom stereocenters. The van der Waals surface area contributed by atoms with Crippen LogP contribution in [0.3, 0.4) is 0 Å². The van der Waals surface area contributed by atoms with Gasteiger partial charge in [-0.1, -0.05) is 11.6 Å². The zero-order chi connectivity index (χ0) is 17.4. The number of halogens is 2. The molecule has 2 N–H and O–H groups in total. The summed E-state index contributed by atoms with van der Waals surface area (Å²) in [5.41, 5.74) is -1.88. The number of Topliss-reactive ketones (excluding diaryl/α,β-unsaturated/α-hetero) is 1. The van der Waals surface area contributed by atoms with E-state index in [9.17, 15) is 18.8 Å². The summed E-state index contributed by atoms with van der Waals surface area (Å²) < 4.78 is 23.5. The molecule has 122 valence electrons. The van der Waals surface area contributed by atoms with Gasteiger partial charge in [0.15, 0.2) is 0 Å². The summed E-state index contributed by atoms with van der Waals surface area (Å²) in [6.45, 7) is 2.29. The van der Waals surface area contributed by atoms with Crippen LogP contribution in [0.5, 0.6) is 0 Å². The number of carbonyl (C=O) groups excluding carboxylic acids is 2. The molecule has 1 aromatic carbocycles. The highest BCUT2D eigenvalue weighted by Crippen LogP contribution is 2.41. The van der Waals surface area contributed by atoms with E-state index >= 15 is 0 Å². The van der Waals surface area contributed by atoms with E-state index in [0.717, 1.165) is 19.1 Å². The first-order valence-electron chi connectivity index (χ1n) is 6.27. The van der Waals surface area contributed by atoms with Crippen LogP contribution in [0, 0.1) is 5.82 Å². The molecule has 0 saturated heterocycles. The molecule has 1 aliphatic rings. The minimum Gasteiger partial charge on any atom is -0.465 e. The topological polar surface area (TPSA) is 102 Å². The van der Waals surface area contributed by atoms with Gasteiger partial charge < -0.3 is 14.6 Å². The average molecular weight is 344 g/mol. The molecule has 9 heteroatoms. The largest absolute Gasteiger partial charge is 0.465 e. The van der Waals surface area contributed by atoms with E-state index in [-0.39, 0.29) is 10.6 Å². The summed E-state index contributed by atoms with van der Waals surface area (Å²) >= 11 is 5.98. The summed E-state index contributed by atoms with van der Waals surface area (Å²) in [6, 6.07) is 3.29. The summed E-state index contributed by atoms with van der Waals surface area (Å²) in [5, 5.41) is 10.6. The lowest BCUT2D eigenvalue weighted by Crippen LogP contribution is -2.33. The number of carbonyl (C=O) groups is 3. The van der Waals surface area contributed by atoms with Gasteiger partial charge in [0, 0.05) is 17.5 Å². The number of esters is 1. The summed E-state index contributed by atoms with van der Waals surface area (Å²) in [4.78, 5) is 34.5. The van der Waals surface area contributed by atoms with E-state index in [1.54, 1.807) is 0 Å². The Labute approximate surface area is 134 Å². The van der Waals surface area contributed by atoms with Crippen LogP contribution in [0.15, 0.2) is 29.8 Å². The van der Waals surface area contributed by atoms with Crippen molar-refractivity contribution in [3.63, 3.8) is 0 Å². The molecule has 1 aliphatic heterocycles. The van der Waals surface area contributed by atoms with Crippen LogP contribution >= 0.6 is 11.6 Å². The predicted molar refractivity (Wildman–Crippen MR) is 74.8 cm³/mol. The quantitative estimate of drug-likeness (QED) is 0.816. The Morgan fingerprint density at radius 2 is 2.09 bits per heavy atom. The van der Waals surface area contributed by atoms with Crippen LogP contribution in [-0.4, -0.2) is 23.0 Å². The molecule has 0 radical (unpaired) electrons. The standard InChI is InChI=1S/C14H11ClFNO6/c1-6(18)22-10-11(19)14(2,23-12(10)17-13(20)21)8-5-7(16)3-4-9(8)15/h3-5,17H,1-2H3,(H,20,21). The fraction of sp³-hybridized carbons (Fsp3) is 0.214. The monoisotopic (exact) mass is 343 g/mol. The Bertz CT molecular complexity index is 747. The molecule has 1 heterocycles. The van der Waals surface area contributed by atoms with Crippen LogP contribution in [0.25, 0.3) is 0 Å². The number of hydrogen-bond donors (Lipinski definition) is 2. The molecule has 0 aliphatic carbocycles. The van der Waals surface area contributed by atoms with Gasteiger partial charge in [-0.15, -0.1) is 0 Å². The summed E-state index contributed by atoms with van der Waals surface area (Å²) in [7, 11) is 0. The minimum absolute atomic E-state index is 0.0287. The number of nitrogens with one attached hydrogen (secondary N) is 1. The number of amides is 1. The third-order valence-electron chi connectivity index (χ3n) is 3.06. The van der Waals surface area contributed by atoms with Gasteiger partial charge in [0.2, 0.25) is 17.2 Å². The fourth-order valence-corrected chi connectivity index (χ4v) is 2.37. The van der Waals surface area contributed by atoms with Crippen molar-refractivity contribution in [3.05, 3.63) is 46.2 Å². The molecule has 0 bridgehead atoms. The fourth-order valence-electron chi connectivity index (χ4n) is 2.07. The first-order valence-corrected chi connectivity index (χ1v) is 6.65. The summed E-state index contributed by atoms with van der Waals surface area (Å²) in [5.74, 6) is -3.58. The number of ether oxygens (including phenoxy) is 2. The molecule has 2 rings (SSSR count). The van der Waals surface area contributed by atoms with Gasteiger partial charge in [-0.05, 0) is 25.1 Å². The van der Waals surface area contributed by atoms with Crippen molar-refractivity contribution in [1.82, 2.24) is 5.32 Å². The number of benzene rings is 1. The van der Waals surface area contributed by atoms with Crippen LogP contribution in [0.1, 0.15) is 19.4 Å². The highest BCUT2D eigenvalue weighted by Gasteiger charge is 2.51. The van der Waals surface area contributed by atoms with Crippen molar-refractivity contribution in [1.29, 1.82) is 0 Å². The zero-order valence-electron chi connectivity index (χ0n) is 12.0. The van der Waals surface area contributed by atoms with Gasteiger partial charge in [0.05, 0.1) is 0 Å². The van der Waals surface area contributed by atoms with E-state index in [4.69, 9.17) is 26.2 Å². The lowest BCUT2D eigenvalue weighted by molar-refractivity contribution is -0.142. The summed E-state index contributed by atoms with van der Waals surface area (Å²) in [6.07, 6.45) is -1.54. The second-order valence-electron chi connectivity index (χ2n) is 4.77. The lowest BCUT2D eigenvalue weighted by atomic mass is 9.91. The van der Waals surface area contributed by atoms with Crippen molar-refractivity contribution >= 4 is 29.4 Å². The van der Waals surface area contributed by atoms with Gasteiger partial charge in [0.25, 0.3) is 5.78 Å². The second kappa shape index (κ2) is 5.88. The van der Waals surface area contributed by atoms with Crippen LogP contribution in [0.2, 0.25) is 5.02 Å². The third-order valence-corrected chi connectivity index (χ3v) is 3.39. The van der Waals surface area contributed by atoms with Crippen molar-refractivity contribution < 1.29 is 33.4 Å². The SMILES string of the molecule is CC(=O)OC1=C(NC(=O)O)OC(C)(c2cc(F)ccc2Cl)C1=O. The highest BCUT2D eigenvalue weighted by molar-refractivity contribution is 6.32. The molecule has 1 aromatic rings. The van der Waals surface area contributed by atoms with E-state index in [2.05, 4.69) is 0 Å². The maximum atomic E-state index is 13.5. The Kier molecular flexibility index (Phi) is 4.28. The molecule has 0 saturated carbocycles. The molecule has 0 aromatic heterocycles. The lowest BCUT2D eigenvalue weighted by Gasteiger charge is -2.24. The van der Waals surface area contributed by atoms with Gasteiger partial charge in [-0.3, -0.25) is 14.9 Å². The van der Waals surface area contributed by atoms with Crippen molar-refractivity contribution in [2.75, 3.05) is 0 Å². The average Bonchev–Trinajstić information content (AvgIpc) is 2.66. The maximum absolute atomic E-state index is 13.5. The van der Waals surface area contributed by atoms with Crippen molar-refractivity contribution in [3.8, 4) is 0 Å². The molecule has 23 heavy (non-hydrogen) atoms. The van der Waals surface area contributed by atoms with E-state index in [0.29, 0.717) is 0 Å². The zero-order valence-corrected chi connectivity index (χ0v) is 12.7. The van der Waals surface area contributed by atoms with Gasteiger partial charge in [-0.25, -0.2) is 9.18 Å². The van der Waals surface area contributed by atoms with Gasteiger partial charge in [-0.2, -0.15) is 0 Å². The van der Waals surface area contributed by atoms with Crippen LogP contribution < -0.4 is 5.32 Å². The molecule has 7 nitrogen and oxygen atoms in total. The van der Waals surface area contributed by atoms with Crippen LogP contribution in [0.4, 0.5) is 9.18 Å². The minimum atomic E-state index is -1.85. The number of carboxylic acid groups (broad SMARTS) is 1. The molecular formula is C14H11ClFNO6. The first-order chi connectivity index (χ1) is 10.6. The van der Waals surface area contributed by atoms with Crippen molar-refractivity contribution in [2.24, 2.45) is 0 Å². The molecule has 0 fully saturated rings. The maximum Gasteiger partial charge on any atom is 0.411 e. The molecule has 1 unspecified atom stereocenters. The normalized spacial score (nSPS) is 20.3. The predicted octanol–water partition coefficient (Wildman–Crippen LogP) is 2.29. The smallest absolute Gasteiger partial charge is 0.411 e. The first kappa shape index (κ1) is 16.8. The van der Waals surface area contributed by atoms with Crippen LogP contribution in [-0.2, 0) is 24.7 Å². The Morgan fingerprint density at radius 3 is 2.65 bits per heavy atom. The number of rotatable bonds is 3. The van der Waals surface area contributed by atoms with E-state index < -0.39 is 40.9 Å². The van der Waals surface area contributed by atoms with E-state index in [1.165, 1.54) is 13.0 Å². The van der Waals surface area contributed by atoms with Gasteiger partial charge in [0.1, 0.15) is 5.82 Å². The Hall–Kier alpha value is -2.61. The Balaban J connectivity index is 2.51. The molecule has 0 spiro atoms. The van der Waals surface area contributed by atoms with Crippen molar-refractivity contribution in [2.45, 2.75) is 19.4 Å². The van der Waals surface area contributed by atoms with E-state index in [1.807, 2.05) is 5.32 Å². The third kappa shape index (κ3) is 3.11. The van der Waals surface area contributed by atoms with Gasteiger partial charge >= 0.3 is 12.1 Å². The molecular weight excluding hydrogens is 333 g/mol.